The van der Waals surface area contributed by atoms with Crippen LogP contribution in [-0.4, -0.2) is 24.7 Å². The lowest BCUT2D eigenvalue weighted by Crippen LogP contribution is -2.15. The summed E-state index contributed by atoms with van der Waals surface area (Å²) in [6.07, 6.45) is 2.47. The van der Waals surface area contributed by atoms with E-state index in [0.717, 1.165) is 11.3 Å². The van der Waals surface area contributed by atoms with Crippen LogP contribution in [0.3, 0.4) is 0 Å². The molecule has 1 aliphatic rings. The van der Waals surface area contributed by atoms with E-state index in [1.54, 1.807) is 13.2 Å². The summed E-state index contributed by atoms with van der Waals surface area (Å²) in [7, 11) is 1.61. The SMILES string of the molecule is COc1ccc(F)cc1CNC1CC1.O=CO. The van der Waals surface area contributed by atoms with E-state index in [-0.39, 0.29) is 12.3 Å². The van der Waals surface area contributed by atoms with E-state index in [4.69, 9.17) is 14.6 Å². The van der Waals surface area contributed by atoms with E-state index in [1.807, 2.05) is 0 Å². The Labute approximate surface area is 99.4 Å². The molecule has 0 radical (unpaired) electrons. The molecular formula is C12H16FNO3. The zero-order valence-corrected chi connectivity index (χ0v) is 9.65. The lowest BCUT2D eigenvalue weighted by molar-refractivity contribution is -0.122. The number of methoxy groups -OCH3 is 1. The Morgan fingerprint density at radius 3 is 2.76 bits per heavy atom. The van der Waals surface area contributed by atoms with Crippen LogP contribution in [-0.2, 0) is 11.3 Å². The molecule has 0 saturated heterocycles. The third-order valence-electron chi connectivity index (χ3n) is 2.40. The molecule has 2 rings (SSSR count). The number of carbonyl (C=O) groups is 1. The fraction of sp³-hybridized carbons (Fsp3) is 0.417. The van der Waals surface area contributed by atoms with Gasteiger partial charge in [0.25, 0.3) is 6.47 Å². The van der Waals surface area contributed by atoms with E-state index >= 15 is 0 Å². The molecule has 0 heterocycles. The first-order valence-corrected chi connectivity index (χ1v) is 5.35. The largest absolute Gasteiger partial charge is 0.496 e. The first-order valence-electron chi connectivity index (χ1n) is 5.35. The summed E-state index contributed by atoms with van der Waals surface area (Å²) in [6, 6.07) is 5.23. The van der Waals surface area contributed by atoms with Crippen LogP contribution in [0, 0.1) is 5.82 Å². The number of benzene rings is 1. The average Bonchev–Trinajstić information content (AvgIpc) is 3.11. The van der Waals surface area contributed by atoms with Gasteiger partial charge in [-0.3, -0.25) is 4.79 Å². The van der Waals surface area contributed by atoms with E-state index < -0.39 is 0 Å². The summed E-state index contributed by atoms with van der Waals surface area (Å²) in [6.45, 7) is 0.436. The van der Waals surface area contributed by atoms with Crippen molar-refractivity contribution in [3.05, 3.63) is 29.6 Å². The monoisotopic (exact) mass is 241 g/mol. The standard InChI is InChI=1S/C11H14FNO.CH2O2/c1-14-11-5-2-9(12)6-8(11)7-13-10-3-4-10;2-1-3/h2,5-6,10,13H,3-4,7H2,1H3;1H,(H,2,3). The van der Waals surface area contributed by atoms with Crippen molar-refractivity contribution in [1.29, 1.82) is 0 Å². The maximum Gasteiger partial charge on any atom is 0.290 e. The molecule has 0 atom stereocenters. The quantitative estimate of drug-likeness (QED) is 0.789. The zero-order valence-electron chi connectivity index (χ0n) is 9.65. The molecule has 17 heavy (non-hydrogen) atoms. The van der Waals surface area contributed by atoms with Gasteiger partial charge in [-0.2, -0.15) is 0 Å². The molecule has 0 aromatic heterocycles. The van der Waals surface area contributed by atoms with Crippen molar-refractivity contribution in [3.8, 4) is 5.75 Å². The van der Waals surface area contributed by atoms with Crippen molar-refractivity contribution >= 4 is 6.47 Å². The Morgan fingerprint density at radius 2 is 2.24 bits per heavy atom. The molecule has 1 aromatic carbocycles. The first kappa shape index (κ1) is 13.4. The summed E-state index contributed by atoms with van der Waals surface area (Å²) in [5.41, 5.74) is 0.888. The number of hydrogen-bond donors (Lipinski definition) is 2. The van der Waals surface area contributed by atoms with Gasteiger partial charge in [-0.1, -0.05) is 0 Å². The highest BCUT2D eigenvalue weighted by Gasteiger charge is 2.20. The topological polar surface area (TPSA) is 58.6 Å². The van der Waals surface area contributed by atoms with Crippen molar-refractivity contribution in [1.82, 2.24) is 5.32 Å². The minimum absolute atomic E-state index is 0.210. The van der Waals surface area contributed by atoms with Crippen molar-refractivity contribution in [2.75, 3.05) is 7.11 Å². The molecule has 0 amide bonds. The lowest BCUT2D eigenvalue weighted by atomic mass is 10.2. The predicted octanol–water partition coefficient (Wildman–Crippen LogP) is 1.79. The van der Waals surface area contributed by atoms with E-state index in [2.05, 4.69) is 5.32 Å². The molecule has 1 aliphatic carbocycles. The second-order valence-corrected chi connectivity index (χ2v) is 3.72. The van der Waals surface area contributed by atoms with Crippen LogP contribution in [0.25, 0.3) is 0 Å². The summed E-state index contributed by atoms with van der Waals surface area (Å²) < 4.78 is 18.1. The summed E-state index contributed by atoms with van der Waals surface area (Å²) in [5, 5.41) is 10.2. The number of nitrogens with one attached hydrogen (secondary N) is 1. The Kier molecular flexibility index (Phi) is 5.42. The summed E-state index contributed by atoms with van der Waals surface area (Å²) in [5.74, 6) is 0.540. The smallest absolute Gasteiger partial charge is 0.290 e. The summed E-state index contributed by atoms with van der Waals surface area (Å²) >= 11 is 0. The number of ether oxygens (including phenoxy) is 1. The van der Waals surface area contributed by atoms with Gasteiger partial charge >= 0.3 is 0 Å². The van der Waals surface area contributed by atoms with Gasteiger partial charge in [-0.25, -0.2) is 4.39 Å². The number of carboxylic acid groups (broad SMARTS) is 1. The molecule has 1 aromatic rings. The van der Waals surface area contributed by atoms with Crippen LogP contribution in [0.1, 0.15) is 18.4 Å². The molecular weight excluding hydrogens is 225 g/mol. The molecule has 1 fully saturated rings. The van der Waals surface area contributed by atoms with Gasteiger partial charge in [-0.05, 0) is 31.0 Å². The molecule has 0 bridgehead atoms. The predicted molar refractivity (Wildman–Crippen MR) is 61.5 cm³/mol. The fourth-order valence-electron chi connectivity index (χ4n) is 1.43. The number of rotatable bonds is 4. The third-order valence-corrected chi connectivity index (χ3v) is 2.40. The maximum atomic E-state index is 12.9. The van der Waals surface area contributed by atoms with Gasteiger partial charge < -0.3 is 15.2 Å². The first-order chi connectivity index (χ1) is 8.21. The van der Waals surface area contributed by atoms with Gasteiger partial charge in [0.15, 0.2) is 0 Å². The normalized spacial score (nSPS) is 13.5. The van der Waals surface area contributed by atoms with Gasteiger partial charge in [0.2, 0.25) is 0 Å². The Balaban J connectivity index is 0.000000437. The highest BCUT2D eigenvalue weighted by Crippen LogP contribution is 2.23. The van der Waals surface area contributed by atoms with E-state index in [9.17, 15) is 4.39 Å². The number of hydrogen-bond acceptors (Lipinski definition) is 3. The second kappa shape index (κ2) is 6.85. The minimum Gasteiger partial charge on any atom is -0.496 e. The van der Waals surface area contributed by atoms with Crippen LogP contribution < -0.4 is 10.1 Å². The van der Waals surface area contributed by atoms with Crippen molar-refractivity contribution in [3.63, 3.8) is 0 Å². The van der Waals surface area contributed by atoms with Crippen LogP contribution >= 0.6 is 0 Å². The Hall–Kier alpha value is -1.62. The third kappa shape index (κ3) is 4.82. The molecule has 5 heteroatoms. The molecule has 0 unspecified atom stereocenters. The maximum absolute atomic E-state index is 12.9. The second-order valence-electron chi connectivity index (χ2n) is 3.72. The van der Waals surface area contributed by atoms with Crippen molar-refractivity contribution in [2.24, 2.45) is 0 Å². The Morgan fingerprint density at radius 1 is 1.59 bits per heavy atom. The molecule has 94 valence electrons. The van der Waals surface area contributed by atoms with Gasteiger partial charge in [-0.15, -0.1) is 0 Å². The molecule has 0 spiro atoms. The fourth-order valence-corrected chi connectivity index (χ4v) is 1.43. The van der Waals surface area contributed by atoms with E-state index in [1.165, 1.54) is 25.0 Å². The van der Waals surface area contributed by atoms with Crippen molar-refractivity contribution in [2.45, 2.75) is 25.4 Å². The Bertz CT molecular complexity index is 367. The average molecular weight is 241 g/mol. The van der Waals surface area contributed by atoms with Crippen molar-refractivity contribution < 1.29 is 19.0 Å². The number of halogens is 1. The highest BCUT2D eigenvalue weighted by atomic mass is 19.1. The van der Waals surface area contributed by atoms with Crippen LogP contribution in [0.15, 0.2) is 18.2 Å². The van der Waals surface area contributed by atoms with Crippen LogP contribution in [0.2, 0.25) is 0 Å². The van der Waals surface area contributed by atoms with Crippen LogP contribution in [0.5, 0.6) is 5.75 Å². The van der Waals surface area contributed by atoms with E-state index in [0.29, 0.717) is 12.6 Å². The van der Waals surface area contributed by atoms with Gasteiger partial charge in [0.1, 0.15) is 11.6 Å². The zero-order chi connectivity index (χ0) is 12.7. The molecule has 0 aliphatic heterocycles. The molecule has 2 N–H and O–H groups in total. The minimum atomic E-state index is -0.250. The van der Waals surface area contributed by atoms with Crippen LogP contribution in [0.4, 0.5) is 4.39 Å². The summed E-state index contributed by atoms with van der Waals surface area (Å²) in [4.78, 5) is 8.36. The molecule has 1 saturated carbocycles. The van der Waals surface area contributed by atoms with Gasteiger partial charge in [0, 0.05) is 18.2 Å². The molecule has 4 nitrogen and oxygen atoms in total. The highest BCUT2D eigenvalue weighted by molar-refractivity contribution is 5.34. The lowest BCUT2D eigenvalue weighted by Gasteiger charge is -2.08. The van der Waals surface area contributed by atoms with Gasteiger partial charge in [0.05, 0.1) is 7.11 Å².